The van der Waals surface area contributed by atoms with E-state index in [0.717, 1.165) is 5.56 Å². The zero-order valence-electron chi connectivity index (χ0n) is 12.4. The Hall–Kier alpha value is -2.89. The van der Waals surface area contributed by atoms with Gasteiger partial charge in [-0.05, 0) is 23.8 Å². The number of carbonyl (C=O) groups is 2. The van der Waals surface area contributed by atoms with Crippen LogP contribution in [0.25, 0.3) is 5.76 Å². The van der Waals surface area contributed by atoms with Gasteiger partial charge in [0.1, 0.15) is 23.6 Å². The van der Waals surface area contributed by atoms with Crippen molar-refractivity contribution in [1.29, 1.82) is 0 Å². The van der Waals surface area contributed by atoms with Gasteiger partial charge in [-0.15, -0.1) is 0 Å². The molecule has 118 valence electrons. The van der Waals surface area contributed by atoms with Gasteiger partial charge in [-0.3, -0.25) is 9.59 Å². The number of benzene rings is 1. The molecule has 0 unspecified atom stereocenters. The smallest absolute Gasteiger partial charge is 0.294 e. The first-order chi connectivity index (χ1) is 11.0. The Kier molecular flexibility index (Phi) is 3.73. The molecule has 0 atom stereocenters. The van der Waals surface area contributed by atoms with E-state index in [0.29, 0.717) is 17.7 Å². The number of aliphatic hydroxyl groups is 1. The summed E-state index contributed by atoms with van der Waals surface area (Å²) in [6.07, 6.45) is 1.76. The number of carbonyl (C=O) groups excluding carboxylic acids is 2. The topological polar surface area (TPSA) is 70.8 Å². The summed E-state index contributed by atoms with van der Waals surface area (Å²) in [5.41, 5.74) is 1.26. The Labute approximate surface area is 131 Å². The zero-order valence-corrected chi connectivity index (χ0v) is 12.4. The Morgan fingerprint density at radius 2 is 2.00 bits per heavy atom. The highest BCUT2D eigenvalue weighted by molar-refractivity contribution is 6.46. The molecule has 1 aromatic carbocycles. The van der Waals surface area contributed by atoms with Crippen molar-refractivity contribution >= 4 is 17.4 Å². The van der Waals surface area contributed by atoms with E-state index in [2.05, 4.69) is 0 Å². The molecular weight excluding hydrogens is 301 g/mol. The maximum atomic E-state index is 12.9. The van der Waals surface area contributed by atoms with Gasteiger partial charge in [0.15, 0.2) is 0 Å². The van der Waals surface area contributed by atoms with Gasteiger partial charge in [-0.2, -0.15) is 0 Å². The van der Waals surface area contributed by atoms with E-state index < -0.39 is 11.7 Å². The Bertz CT molecular complexity index is 804. The number of nitrogens with zero attached hydrogens (tertiary/aromatic N) is 1. The molecule has 6 heteroatoms. The molecule has 1 aromatic heterocycles. The van der Waals surface area contributed by atoms with Crippen LogP contribution in [0.1, 0.15) is 16.9 Å². The number of ketones is 1. The minimum Gasteiger partial charge on any atom is -0.507 e. The molecule has 1 saturated heterocycles. The number of furan rings is 1. The van der Waals surface area contributed by atoms with Gasteiger partial charge in [-0.25, -0.2) is 4.39 Å². The highest BCUT2D eigenvalue weighted by atomic mass is 19.1. The van der Waals surface area contributed by atoms with Crippen molar-refractivity contribution in [3.8, 4) is 0 Å². The summed E-state index contributed by atoms with van der Waals surface area (Å²) in [7, 11) is 1.50. The van der Waals surface area contributed by atoms with Gasteiger partial charge in [0.05, 0.1) is 17.7 Å². The third kappa shape index (κ3) is 2.88. The van der Waals surface area contributed by atoms with Gasteiger partial charge in [-0.1, -0.05) is 12.1 Å². The average Bonchev–Trinajstić information content (AvgIpc) is 3.10. The lowest BCUT2D eigenvalue weighted by Gasteiger charge is -2.03. The molecule has 23 heavy (non-hydrogen) atoms. The van der Waals surface area contributed by atoms with Crippen LogP contribution in [0.3, 0.4) is 0 Å². The summed E-state index contributed by atoms with van der Waals surface area (Å²) >= 11 is 0. The van der Waals surface area contributed by atoms with Gasteiger partial charge >= 0.3 is 0 Å². The fraction of sp³-hybridized carbons (Fsp3) is 0.176. The first-order valence-corrected chi connectivity index (χ1v) is 7.00. The van der Waals surface area contributed by atoms with Crippen LogP contribution >= 0.6 is 0 Å². The summed E-state index contributed by atoms with van der Waals surface area (Å²) < 4.78 is 18.3. The number of amides is 1. The van der Waals surface area contributed by atoms with Crippen LogP contribution in [-0.4, -0.2) is 35.3 Å². The number of hydrogen-bond donors (Lipinski definition) is 1. The van der Waals surface area contributed by atoms with E-state index >= 15 is 0 Å². The van der Waals surface area contributed by atoms with E-state index in [4.69, 9.17) is 4.42 Å². The summed E-state index contributed by atoms with van der Waals surface area (Å²) in [4.78, 5) is 24.5. The summed E-state index contributed by atoms with van der Waals surface area (Å²) in [6.45, 7) is 0.0714. The van der Waals surface area contributed by atoms with Crippen molar-refractivity contribution in [2.75, 3.05) is 13.6 Å². The number of hydrogen-bond acceptors (Lipinski definition) is 4. The molecular formula is C17H14FNO4. The largest absolute Gasteiger partial charge is 0.507 e. The zero-order chi connectivity index (χ0) is 16.6. The first kappa shape index (κ1) is 15.0. The Balaban J connectivity index is 1.83. The fourth-order valence-corrected chi connectivity index (χ4v) is 2.44. The van der Waals surface area contributed by atoms with E-state index in [1.54, 1.807) is 18.2 Å². The molecule has 3 rings (SSSR count). The van der Waals surface area contributed by atoms with Crippen LogP contribution in [0.5, 0.6) is 0 Å². The maximum absolute atomic E-state index is 12.9. The van der Waals surface area contributed by atoms with Crippen molar-refractivity contribution < 1.29 is 23.5 Å². The quantitative estimate of drug-likeness (QED) is 0.536. The van der Waals surface area contributed by atoms with Crippen LogP contribution in [-0.2, 0) is 16.0 Å². The highest BCUT2D eigenvalue weighted by Crippen LogP contribution is 2.24. The maximum Gasteiger partial charge on any atom is 0.294 e. The lowest BCUT2D eigenvalue weighted by atomic mass is 10.1. The lowest BCUT2D eigenvalue weighted by Crippen LogP contribution is -2.22. The predicted octanol–water partition coefficient (Wildman–Crippen LogP) is 2.32. The van der Waals surface area contributed by atoms with Crippen LogP contribution in [0, 0.1) is 5.82 Å². The van der Waals surface area contributed by atoms with Gasteiger partial charge in [0.25, 0.3) is 11.7 Å². The monoisotopic (exact) mass is 315 g/mol. The molecule has 2 heterocycles. The second kappa shape index (κ2) is 5.72. The number of halogens is 1. The first-order valence-electron chi connectivity index (χ1n) is 7.00. The second-order valence-corrected chi connectivity index (χ2v) is 5.42. The lowest BCUT2D eigenvalue weighted by molar-refractivity contribution is -0.138. The third-order valence-corrected chi connectivity index (χ3v) is 3.71. The molecule has 0 spiro atoms. The molecule has 1 aliphatic heterocycles. The van der Waals surface area contributed by atoms with Crippen molar-refractivity contribution in [2.45, 2.75) is 6.42 Å². The van der Waals surface area contributed by atoms with Crippen molar-refractivity contribution in [3.05, 3.63) is 64.9 Å². The molecule has 1 aliphatic rings. The second-order valence-electron chi connectivity index (χ2n) is 5.42. The minimum absolute atomic E-state index is 0.0617. The highest BCUT2D eigenvalue weighted by Gasteiger charge is 2.34. The van der Waals surface area contributed by atoms with Gasteiger partial charge in [0.2, 0.25) is 0 Å². The van der Waals surface area contributed by atoms with E-state index in [9.17, 15) is 19.1 Å². The number of likely N-dealkylation sites (N-methyl/N-ethyl adjacent to an activating group) is 1. The number of Topliss-reactive ketones (excluding diaryl/α,β-unsaturated/α-hetero) is 1. The fourth-order valence-electron chi connectivity index (χ4n) is 2.44. The van der Waals surface area contributed by atoms with E-state index in [-0.39, 0.29) is 23.7 Å². The summed E-state index contributed by atoms with van der Waals surface area (Å²) in [6, 6.07) is 7.60. The van der Waals surface area contributed by atoms with E-state index in [1.165, 1.54) is 30.3 Å². The van der Waals surface area contributed by atoms with Crippen LogP contribution in [0.2, 0.25) is 0 Å². The van der Waals surface area contributed by atoms with Crippen molar-refractivity contribution in [1.82, 2.24) is 4.90 Å². The van der Waals surface area contributed by atoms with Crippen molar-refractivity contribution in [2.24, 2.45) is 0 Å². The molecule has 0 aliphatic carbocycles. The molecule has 0 bridgehead atoms. The average molecular weight is 315 g/mol. The molecule has 5 nitrogen and oxygen atoms in total. The molecule has 1 amide bonds. The van der Waals surface area contributed by atoms with Crippen LogP contribution < -0.4 is 0 Å². The number of aliphatic hydroxyl groups excluding tert-OH is 1. The number of likely N-dealkylation sites (tertiary alicyclic amines) is 1. The summed E-state index contributed by atoms with van der Waals surface area (Å²) in [5, 5.41) is 10.2. The SMILES string of the molecule is CN1C/C(=C(/O)c2coc(Cc3ccc(F)cc3)c2)C(=O)C1=O. The Morgan fingerprint density at radius 1 is 1.30 bits per heavy atom. The van der Waals surface area contributed by atoms with Crippen molar-refractivity contribution in [3.63, 3.8) is 0 Å². The van der Waals surface area contributed by atoms with Gasteiger partial charge < -0.3 is 14.4 Å². The standard InChI is InChI=1S/C17H14FNO4/c1-19-8-14(16(21)17(19)22)15(20)11-7-13(23-9-11)6-10-2-4-12(18)5-3-10/h2-5,7,9,20H,6,8H2,1H3/b15-14-. The van der Waals surface area contributed by atoms with Crippen LogP contribution in [0.4, 0.5) is 4.39 Å². The molecule has 1 N–H and O–H groups in total. The number of rotatable bonds is 3. The third-order valence-electron chi connectivity index (χ3n) is 3.71. The molecule has 2 aromatic rings. The van der Waals surface area contributed by atoms with E-state index in [1.807, 2.05) is 0 Å². The Morgan fingerprint density at radius 3 is 2.61 bits per heavy atom. The molecule has 0 radical (unpaired) electrons. The summed E-state index contributed by atoms with van der Waals surface area (Å²) in [5.74, 6) is -1.34. The van der Waals surface area contributed by atoms with Gasteiger partial charge in [0, 0.05) is 13.5 Å². The minimum atomic E-state index is -0.703. The normalized spacial score (nSPS) is 17.0. The van der Waals surface area contributed by atoms with Crippen LogP contribution in [0.15, 0.2) is 46.6 Å². The molecule has 1 fully saturated rings. The molecule has 0 saturated carbocycles. The predicted molar refractivity (Wildman–Crippen MR) is 80.1 cm³/mol.